The summed E-state index contributed by atoms with van der Waals surface area (Å²) < 4.78 is 0. The van der Waals surface area contributed by atoms with E-state index in [4.69, 9.17) is 0 Å². The van der Waals surface area contributed by atoms with Crippen molar-refractivity contribution in [2.45, 2.75) is 32.2 Å². The zero-order valence-electron chi connectivity index (χ0n) is 12.9. The van der Waals surface area contributed by atoms with Gasteiger partial charge in [0.25, 0.3) is 0 Å². The highest BCUT2D eigenvalue weighted by atomic mass is 32.1. The van der Waals surface area contributed by atoms with E-state index in [-0.39, 0.29) is 5.91 Å². The van der Waals surface area contributed by atoms with Gasteiger partial charge in [0.2, 0.25) is 5.91 Å². The van der Waals surface area contributed by atoms with Gasteiger partial charge in [0.15, 0.2) is 0 Å². The summed E-state index contributed by atoms with van der Waals surface area (Å²) in [6.07, 6.45) is 3.34. The van der Waals surface area contributed by atoms with Crippen LogP contribution in [0.1, 0.15) is 36.2 Å². The number of amides is 1. The van der Waals surface area contributed by atoms with E-state index in [1.165, 1.54) is 16.9 Å². The minimum absolute atomic E-state index is 0.0766. The standard InChI is InChI=1S/C18H22N2OS/c1-2-14-7-9-15(10-8-14)19-18(21)13-20-11-3-5-16(20)17-6-4-12-22-17/h4,6-10,12,16H,2-3,5,11,13H2,1H3,(H,19,21). The second-order valence-electron chi connectivity index (χ2n) is 5.74. The maximum Gasteiger partial charge on any atom is 0.238 e. The number of carbonyl (C=O) groups is 1. The number of carbonyl (C=O) groups excluding carboxylic acids is 1. The zero-order valence-corrected chi connectivity index (χ0v) is 13.7. The average Bonchev–Trinajstić information content (AvgIpc) is 3.18. The van der Waals surface area contributed by atoms with Crippen molar-refractivity contribution < 1.29 is 4.79 Å². The molecule has 0 aliphatic carbocycles. The summed E-state index contributed by atoms with van der Waals surface area (Å²) in [7, 11) is 0. The molecule has 0 spiro atoms. The number of aryl methyl sites for hydroxylation is 1. The van der Waals surface area contributed by atoms with Gasteiger partial charge in [-0.05, 0) is 54.9 Å². The number of hydrogen-bond donors (Lipinski definition) is 1. The van der Waals surface area contributed by atoms with Crippen LogP contribution in [0, 0.1) is 0 Å². The highest BCUT2D eigenvalue weighted by Gasteiger charge is 2.28. The van der Waals surface area contributed by atoms with E-state index < -0.39 is 0 Å². The fourth-order valence-corrected chi connectivity index (χ4v) is 3.92. The van der Waals surface area contributed by atoms with Crippen LogP contribution in [-0.2, 0) is 11.2 Å². The molecule has 0 radical (unpaired) electrons. The number of nitrogens with zero attached hydrogens (tertiary/aromatic N) is 1. The fraction of sp³-hybridized carbons (Fsp3) is 0.389. The van der Waals surface area contributed by atoms with E-state index >= 15 is 0 Å². The molecule has 2 heterocycles. The lowest BCUT2D eigenvalue weighted by Crippen LogP contribution is -2.32. The van der Waals surface area contributed by atoms with Crippen LogP contribution in [0.4, 0.5) is 5.69 Å². The van der Waals surface area contributed by atoms with Crippen LogP contribution >= 0.6 is 11.3 Å². The summed E-state index contributed by atoms with van der Waals surface area (Å²) in [5.41, 5.74) is 2.17. The van der Waals surface area contributed by atoms with Crippen molar-refractivity contribution in [1.82, 2.24) is 4.90 Å². The summed E-state index contributed by atoms with van der Waals surface area (Å²) in [6, 6.07) is 12.8. The Morgan fingerprint density at radius 2 is 2.14 bits per heavy atom. The van der Waals surface area contributed by atoms with Gasteiger partial charge in [0, 0.05) is 16.6 Å². The van der Waals surface area contributed by atoms with Crippen LogP contribution in [-0.4, -0.2) is 23.9 Å². The first kappa shape index (κ1) is 15.3. The van der Waals surface area contributed by atoms with Crippen LogP contribution in [0.5, 0.6) is 0 Å². The monoisotopic (exact) mass is 314 g/mol. The van der Waals surface area contributed by atoms with E-state index in [1.54, 1.807) is 11.3 Å². The lowest BCUT2D eigenvalue weighted by Gasteiger charge is -2.22. The summed E-state index contributed by atoms with van der Waals surface area (Å²) in [4.78, 5) is 16.0. The van der Waals surface area contributed by atoms with Gasteiger partial charge >= 0.3 is 0 Å². The third-order valence-corrected chi connectivity index (χ3v) is 5.20. The van der Waals surface area contributed by atoms with Crippen molar-refractivity contribution in [3.63, 3.8) is 0 Å². The molecule has 3 nitrogen and oxygen atoms in total. The Bertz CT molecular complexity index is 607. The first-order valence-corrected chi connectivity index (χ1v) is 8.80. The van der Waals surface area contributed by atoms with Gasteiger partial charge in [0.1, 0.15) is 0 Å². The third kappa shape index (κ3) is 3.57. The van der Waals surface area contributed by atoms with Gasteiger partial charge in [-0.1, -0.05) is 25.1 Å². The predicted molar refractivity (Wildman–Crippen MR) is 92.3 cm³/mol. The van der Waals surface area contributed by atoms with E-state index in [1.807, 2.05) is 12.1 Å². The number of hydrogen-bond acceptors (Lipinski definition) is 3. The molecule has 1 aliphatic heterocycles. The molecule has 116 valence electrons. The van der Waals surface area contributed by atoms with Crippen molar-refractivity contribution in [3.05, 3.63) is 52.2 Å². The van der Waals surface area contributed by atoms with Crippen LogP contribution in [0.2, 0.25) is 0 Å². The summed E-state index contributed by atoms with van der Waals surface area (Å²) in [6.45, 7) is 3.61. The molecule has 1 N–H and O–H groups in total. The van der Waals surface area contributed by atoms with E-state index in [2.05, 4.69) is 46.8 Å². The molecule has 1 unspecified atom stereocenters. The molecule has 3 rings (SSSR count). The quantitative estimate of drug-likeness (QED) is 0.901. The van der Waals surface area contributed by atoms with Gasteiger partial charge in [-0.15, -0.1) is 11.3 Å². The van der Waals surface area contributed by atoms with Crippen molar-refractivity contribution in [2.24, 2.45) is 0 Å². The molecule has 1 aliphatic rings. The summed E-state index contributed by atoms with van der Waals surface area (Å²) in [5.74, 6) is 0.0766. The molecule has 2 aromatic rings. The van der Waals surface area contributed by atoms with E-state index in [9.17, 15) is 4.79 Å². The number of benzene rings is 1. The molecule has 1 fully saturated rings. The molecule has 1 aromatic carbocycles. The molecular weight excluding hydrogens is 292 g/mol. The number of nitrogens with one attached hydrogen (secondary N) is 1. The highest BCUT2D eigenvalue weighted by molar-refractivity contribution is 7.10. The molecule has 1 amide bonds. The van der Waals surface area contributed by atoms with Crippen molar-refractivity contribution in [1.29, 1.82) is 0 Å². The largest absolute Gasteiger partial charge is 0.325 e. The Balaban J connectivity index is 1.58. The number of thiophene rings is 1. The van der Waals surface area contributed by atoms with Crippen LogP contribution in [0.15, 0.2) is 41.8 Å². The van der Waals surface area contributed by atoms with E-state index in [0.29, 0.717) is 12.6 Å². The third-order valence-electron chi connectivity index (χ3n) is 4.23. The molecule has 1 atom stereocenters. The summed E-state index contributed by atoms with van der Waals surface area (Å²) >= 11 is 1.79. The van der Waals surface area contributed by atoms with Crippen molar-refractivity contribution in [2.75, 3.05) is 18.4 Å². The highest BCUT2D eigenvalue weighted by Crippen LogP contribution is 2.34. The van der Waals surface area contributed by atoms with E-state index in [0.717, 1.165) is 25.1 Å². The Kier molecular flexibility index (Phi) is 4.90. The lowest BCUT2D eigenvalue weighted by atomic mass is 10.1. The Morgan fingerprint density at radius 3 is 2.82 bits per heavy atom. The molecular formula is C18H22N2OS. The second-order valence-corrected chi connectivity index (χ2v) is 6.72. The molecule has 0 bridgehead atoms. The Hall–Kier alpha value is -1.65. The van der Waals surface area contributed by atoms with Gasteiger partial charge in [-0.3, -0.25) is 9.69 Å². The van der Waals surface area contributed by atoms with Crippen LogP contribution in [0.3, 0.4) is 0 Å². The van der Waals surface area contributed by atoms with Crippen molar-refractivity contribution in [3.8, 4) is 0 Å². The minimum atomic E-state index is 0.0766. The smallest absolute Gasteiger partial charge is 0.238 e. The molecule has 1 aromatic heterocycles. The van der Waals surface area contributed by atoms with Crippen LogP contribution in [0.25, 0.3) is 0 Å². The van der Waals surface area contributed by atoms with Gasteiger partial charge < -0.3 is 5.32 Å². The molecule has 0 saturated carbocycles. The van der Waals surface area contributed by atoms with Gasteiger partial charge in [-0.25, -0.2) is 0 Å². The summed E-state index contributed by atoms with van der Waals surface area (Å²) in [5, 5.41) is 5.12. The maximum absolute atomic E-state index is 12.3. The maximum atomic E-state index is 12.3. The second kappa shape index (κ2) is 7.07. The predicted octanol–water partition coefficient (Wildman–Crippen LogP) is 4.09. The Morgan fingerprint density at radius 1 is 1.32 bits per heavy atom. The molecule has 22 heavy (non-hydrogen) atoms. The fourth-order valence-electron chi connectivity index (χ4n) is 3.03. The number of likely N-dealkylation sites (tertiary alicyclic amines) is 1. The number of anilines is 1. The lowest BCUT2D eigenvalue weighted by molar-refractivity contribution is -0.117. The first-order chi connectivity index (χ1) is 10.8. The van der Waals surface area contributed by atoms with Gasteiger partial charge in [0.05, 0.1) is 6.54 Å². The topological polar surface area (TPSA) is 32.3 Å². The first-order valence-electron chi connectivity index (χ1n) is 7.92. The zero-order chi connectivity index (χ0) is 15.4. The average molecular weight is 314 g/mol. The SMILES string of the molecule is CCc1ccc(NC(=O)CN2CCCC2c2cccs2)cc1. The normalized spacial score (nSPS) is 18.5. The molecule has 4 heteroatoms. The van der Waals surface area contributed by atoms with Crippen LogP contribution < -0.4 is 5.32 Å². The molecule has 1 saturated heterocycles. The van der Waals surface area contributed by atoms with Gasteiger partial charge in [-0.2, -0.15) is 0 Å². The number of rotatable bonds is 5. The Labute approximate surface area is 136 Å². The minimum Gasteiger partial charge on any atom is -0.325 e. The van der Waals surface area contributed by atoms with Crippen molar-refractivity contribution >= 4 is 22.9 Å².